The predicted molar refractivity (Wildman–Crippen MR) is 74.5 cm³/mol. The summed E-state index contributed by atoms with van der Waals surface area (Å²) >= 11 is 4.42. The minimum Gasteiger partial charge on any atom is -0.409 e. The molecule has 1 aromatic heterocycles. The molecule has 0 bridgehead atoms. The first kappa shape index (κ1) is 15.4. The Morgan fingerprint density at radius 3 is 2.78 bits per heavy atom. The zero-order valence-electron chi connectivity index (χ0n) is 9.84. The molecule has 0 radical (unpaired) electrons. The molecule has 0 saturated heterocycles. The third kappa shape index (κ3) is 3.67. The van der Waals surface area contributed by atoms with Gasteiger partial charge >= 0.3 is 0 Å². The Hall–Kier alpha value is -0.640. The van der Waals surface area contributed by atoms with Crippen molar-refractivity contribution in [2.45, 2.75) is 18.1 Å². The van der Waals surface area contributed by atoms with Crippen molar-refractivity contribution >= 4 is 43.1 Å². The van der Waals surface area contributed by atoms with Crippen LogP contribution in [0, 0.1) is 12.8 Å². The lowest BCUT2D eigenvalue weighted by Gasteiger charge is -2.10. The monoisotopic (exact) mass is 355 g/mol. The predicted octanol–water partition coefficient (Wildman–Crippen LogP) is 1.48. The average Bonchev–Trinajstić information content (AvgIpc) is 2.66. The fourth-order valence-corrected chi connectivity index (χ4v) is 4.47. The molecule has 0 fully saturated rings. The van der Waals surface area contributed by atoms with Gasteiger partial charge in [0, 0.05) is 12.5 Å². The molecule has 0 saturated carbocycles. The van der Waals surface area contributed by atoms with E-state index in [9.17, 15) is 8.42 Å². The summed E-state index contributed by atoms with van der Waals surface area (Å²) in [6.45, 7) is 3.55. The number of nitrogens with one attached hydrogen (secondary N) is 1. The number of hydrogen-bond acceptors (Lipinski definition) is 5. The second-order valence-corrected chi connectivity index (χ2v) is 8.16. The summed E-state index contributed by atoms with van der Waals surface area (Å²) in [7, 11) is -3.55. The van der Waals surface area contributed by atoms with Crippen LogP contribution in [-0.2, 0) is 10.0 Å². The van der Waals surface area contributed by atoms with Crippen LogP contribution < -0.4 is 10.5 Å². The molecule has 0 aliphatic rings. The maximum Gasteiger partial charge on any atom is 0.250 e. The van der Waals surface area contributed by atoms with Crippen LogP contribution in [0.4, 0.5) is 0 Å². The lowest BCUT2D eigenvalue weighted by molar-refractivity contribution is 0.314. The first-order valence-electron chi connectivity index (χ1n) is 5.01. The van der Waals surface area contributed by atoms with Gasteiger partial charge in [-0.3, -0.25) is 0 Å². The number of sulfonamides is 1. The third-order valence-corrected chi connectivity index (χ3v) is 6.33. The van der Waals surface area contributed by atoms with E-state index in [-0.39, 0.29) is 22.5 Å². The molecule has 9 heteroatoms. The Morgan fingerprint density at radius 2 is 2.33 bits per heavy atom. The highest BCUT2D eigenvalue weighted by atomic mass is 79.9. The van der Waals surface area contributed by atoms with Crippen molar-refractivity contribution in [3.8, 4) is 0 Å². The molecule has 0 aromatic carbocycles. The molecule has 1 rings (SSSR count). The topological polar surface area (TPSA) is 105 Å². The first-order valence-corrected chi connectivity index (χ1v) is 8.10. The van der Waals surface area contributed by atoms with E-state index in [4.69, 9.17) is 10.9 Å². The third-order valence-electron chi connectivity index (χ3n) is 2.30. The number of thiophene rings is 1. The summed E-state index contributed by atoms with van der Waals surface area (Å²) in [4.78, 5) is 0. The number of rotatable bonds is 5. The summed E-state index contributed by atoms with van der Waals surface area (Å²) < 4.78 is 27.3. The van der Waals surface area contributed by atoms with E-state index in [1.807, 2.05) is 6.92 Å². The average molecular weight is 356 g/mol. The van der Waals surface area contributed by atoms with Crippen molar-refractivity contribution in [1.82, 2.24) is 4.72 Å². The minimum absolute atomic E-state index is 0.0127. The van der Waals surface area contributed by atoms with Crippen LogP contribution in [0.1, 0.15) is 12.5 Å². The highest BCUT2D eigenvalue weighted by molar-refractivity contribution is 9.11. The van der Waals surface area contributed by atoms with Crippen molar-refractivity contribution in [3.63, 3.8) is 0 Å². The molecule has 1 heterocycles. The molecule has 0 aliphatic heterocycles. The molecule has 102 valence electrons. The van der Waals surface area contributed by atoms with Gasteiger partial charge in [-0.25, -0.2) is 13.1 Å². The molecule has 1 atom stereocenters. The van der Waals surface area contributed by atoms with E-state index in [1.54, 1.807) is 13.0 Å². The van der Waals surface area contributed by atoms with Crippen molar-refractivity contribution in [3.05, 3.63) is 15.4 Å². The fourth-order valence-electron chi connectivity index (χ4n) is 1.07. The Bertz CT molecular complexity index is 534. The van der Waals surface area contributed by atoms with E-state index in [1.165, 1.54) is 0 Å². The largest absolute Gasteiger partial charge is 0.409 e. The molecule has 1 unspecified atom stereocenters. The molecule has 0 amide bonds. The molecular weight excluding hydrogens is 342 g/mol. The first-order chi connectivity index (χ1) is 8.27. The molecule has 4 N–H and O–H groups in total. The van der Waals surface area contributed by atoms with E-state index in [0.29, 0.717) is 0 Å². The highest BCUT2D eigenvalue weighted by Gasteiger charge is 2.19. The molecule has 0 aliphatic carbocycles. The molecule has 1 aromatic rings. The van der Waals surface area contributed by atoms with E-state index >= 15 is 0 Å². The van der Waals surface area contributed by atoms with Gasteiger partial charge in [0.1, 0.15) is 10.0 Å². The number of halogens is 1. The van der Waals surface area contributed by atoms with Gasteiger partial charge in [-0.15, -0.1) is 11.3 Å². The van der Waals surface area contributed by atoms with Crippen LogP contribution in [0.2, 0.25) is 0 Å². The van der Waals surface area contributed by atoms with Crippen LogP contribution in [0.15, 0.2) is 19.2 Å². The van der Waals surface area contributed by atoms with Crippen molar-refractivity contribution in [2.24, 2.45) is 16.8 Å². The van der Waals surface area contributed by atoms with Gasteiger partial charge in [0.15, 0.2) is 0 Å². The van der Waals surface area contributed by atoms with Crippen molar-refractivity contribution in [2.75, 3.05) is 6.54 Å². The Kier molecular flexibility index (Phi) is 5.14. The van der Waals surface area contributed by atoms with Crippen LogP contribution in [0.5, 0.6) is 0 Å². The highest BCUT2D eigenvalue weighted by Crippen LogP contribution is 2.30. The van der Waals surface area contributed by atoms with Gasteiger partial charge in [0.2, 0.25) is 10.0 Å². The normalized spacial score (nSPS) is 14.7. The summed E-state index contributed by atoms with van der Waals surface area (Å²) in [6.07, 6.45) is 0. The number of nitrogens with two attached hydrogens (primary N) is 1. The maximum absolute atomic E-state index is 11.9. The zero-order chi connectivity index (χ0) is 13.9. The van der Waals surface area contributed by atoms with Gasteiger partial charge < -0.3 is 10.9 Å². The van der Waals surface area contributed by atoms with Gasteiger partial charge in [0.05, 0.1) is 3.79 Å². The molecular formula is C9H14BrN3O3S2. The van der Waals surface area contributed by atoms with E-state index in [2.05, 4.69) is 25.8 Å². The molecule has 6 nitrogen and oxygen atoms in total. The lowest BCUT2D eigenvalue weighted by Crippen LogP contribution is -2.34. The molecule has 18 heavy (non-hydrogen) atoms. The standard InChI is InChI=1S/C9H14BrN3O3S2/c1-5-3-7(17-8(5)10)18(15,16)12-4-6(2)9(11)13-14/h3,6,12,14H,4H2,1-2H3,(H2,11,13). The number of hydrogen-bond donors (Lipinski definition) is 3. The van der Waals surface area contributed by atoms with Gasteiger partial charge in [0.25, 0.3) is 0 Å². The maximum atomic E-state index is 11.9. The second-order valence-electron chi connectivity index (χ2n) is 3.80. The van der Waals surface area contributed by atoms with Crippen LogP contribution in [-0.4, -0.2) is 26.0 Å². The SMILES string of the molecule is Cc1cc(S(=O)(=O)NCC(C)C(N)=NO)sc1Br. The van der Waals surface area contributed by atoms with E-state index < -0.39 is 10.0 Å². The zero-order valence-corrected chi connectivity index (χ0v) is 13.1. The minimum atomic E-state index is -3.55. The van der Waals surface area contributed by atoms with Gasteiger partial charge in [-0.1, -0.05) is 12.1 Å². The fraction of sp³-hybridized carbons (Fsp3) is 0.444. The smallest absolute Gasteiger partial charge is 0.250 e. The van der Waals surface area contributed by atoms with Crippen LogP contribution in [0.25, 0.3) is 0 Å². The van der Waals surface area contributed by atoms with Crippen LogP contribution >= 0.6 is 27.3 Å². The summed E-state index contributed by atoms with van der Waals surface area (Å²) in [6, 6.07) is 1.59. The number of amidine groups is 1. The molecule has 0 spiro atoms. The summed E-state index contributed by atoms with van der Waals surface area (Å²) in [5.41, 5.74) is 6.24. The Morgan fingerprint density at radius 1 is 1.72 bits per heavy atom. The number of oxime groups is 1. The van der Waals surface area contributed by atoms with Gasteiger partial charge in [-0.05, 0) is 34.5 Å². The van der Waals surface area contributed by atoms with Gasteiger partial charge in [-0.2, -0.15) is 0 Å². The van der Waals surface area contributed by atoms with Crippen LogP contribution in [0.3, 0.4) is 0 Å². The van der Waals surface area contributed by atoms with Crippen molar-refractivity contribution in [1.29, 1.82) is 0 Å². The lowest BCUT2D eigenvalue weighted by atomic mass is 10.2. The van der Waals surface area contributed by atoms with E-state index in [0.717, 1.165) is 20.7 Å². The number of nitrogens with zero attached hydrogens (tertiary/aromatic N) is 1. The quantitative estimate of drug-likeness (QED) is 0.322. The Labute approximate surface area is 118 Å². The summed E-state index contributed by atoms with van der Waals surface area (Å²) in [5, 5.41) is 11.3. The summed E-state index contributed by atoms with van der Waals surface area (Å²) in [5.74, 6) is -0.393. The second kappa shape index (κ2) is 6.00. The Balaban J connectivity index is 2.78. The number of aryl methyl sites for hydroxylation is 1. The van der Waals surface area contributed by atoms with Crippen molar-refractivity contribution < 1.29 is 13.6 Å².